The number of carboxylic acid groups (broad SMARTS) is 1. The van der Waals surface area contributed by atoms with Crippen LogP contribution in [-0.2, 0) is 17.4 Å². The summed E-state index contributed by atoms with van der Waals surface area (Å²) in [5.74, 6) is -1.33. The molecule has 4 rings (SSSR count). The number of fused-ring (bicyclic) bond motifs is 1. The second-order valence-electron chi connectivity index (χ2n) is 7.65. The zero-order valence-corrected chi connectivity index (χ0v) is 17.6. The number of aliphatic carboxylic acids is 1. The molecule has 11 heteroatoms. The van der Waals surface area contributed by atoms with Gasteiger partial charge >= 0.3 is 12.1 Å². The number of carboxylic acids is 1. The predicted molar refractivity (Wildman–Crippen MR) is 112 cm³/mol. The molecule has 8 nitrogen and oxygen atoms in total. The number of hydrogen-bond acceptors (Lipinski definition) is 6. The number of ether oxygens (including phenoxy) is 1. The number of carbonyl (C=O) groups is 1. The third-order valence-electron chi connectivity index (χ3n) is 4.72. The van der Waals surface area contributed by atoms with Gasteiger partial charge in [0.2, 0.25) is 11.7 Å². The Morgan fingerprint density at radius 3 is 2.70 bits per heavy atom. The number of benzene rings is 1. The third-order valence-corrected chi connectivity index (χ3v) is 4.72. The van der Waals surface area contributed by atoms with E-state index in [1.165, 1.54) is 6.20 Å². The molecule has 3 aromatic heterocycles. The Labute approximate surface area is 185 Å². The minimum Gasteiger partial charge on any atom is -0.481 e. The summed E-state index contributed by atoms with van der Waals surface area (Å²) in [7, 11) is 0. The van der Waals surface area contributed by atoms with Crippen molar-refractivity contribution >= 4 is 16.9 Å². The molecule has 0 aliphatic rings. The Bertz CT molecular complexity index is 1310. The Morgan fingerprint density at radius 1 is 1.21 bits per heavy atom. The molecule has 1 aromatic carbocycles. The lowest BCUT2D eigenvalue weighted by Crippen LogP contribution is -2.14. The van der Waals surface area contributed by atoms with E-state index in [1.54, 1.807) is 32.0 Å². The van der Waals surface area contributed by atoms with Crippen molar-refractivity contribution in [1.82, 2.24) is 20.1 Å². The molecular weight excluding hydrogens is 441 g/mol. The van der Waals surface area contributed by atoms with Gasteiger partial charge in [0.1, 0.15) is 5.56 Å². The molecular formula is C22H19F3N4O4. The van der Waals surface area contributed by atoms with Gasteiger partial charge in [0.15, 0.2) is 0 Å². The van der Waals surface area contributed by atoms with Crippen molar-refractivity contribution in [1.29, 1.82) is 0 Å². The van der Waals surface area contributed by atoms with E-state index in [0.717, 1.165) is 22.7 Å². The number of nitrogens with one attached hydrogen (secondary N) is 1. The fourth-order valence-corrected chi connectivity index (χ4v) is 3.26. The summed E-state index contributed by atoms with van der Waals surface area (Å²) in [6, 6.07) is 7.99. The summed E-state index contributed by atoms with van der Waals surface area (Å²) < 4.78 is 50.8. The number of pyridine rings is 1. The Kier molecular flexibility index (Phi) is 5.79. The van der Waals surface area contributed by atoms with Crippen molar-refractivity contribution < 1.29 is 32.3 Å². The van der Waals surface area contributed by atoms with Crippen molar-refractivity contribution in [2.45, 2.75) is 39.0 Å². The first-order valence-corrected chi connectivity index (χ1v) is 10.0. The Morgan fingerprint density at radius 2 is 2.00 bits per heavy atom. The van der Waals surface area contributed by atoms with Crippen LogP contribution in [0.25, 0.3) is 33.7 Å². The molecule has 0 saturated heterocycles. The van der Waals surface area contributed by atoms with Crippen LogP contribution in [0.2, 0.25) is 0 Å². The first-order valence-electron chi connectivity index (χ1n) is 10.0. The van der Waals surface area contributed by atoms with E-state index in [4.69, 9.17) is 14.4 Å². The average Bonchev–Trinajstić information content (AvgIpc) is 3.37. The van der Waals surface area contributed by atoms with Gasteiger partial charge in [-0.15, -0.1) is 0 Å². The first kappa shape index (κ1) is 22.3. The van der Waals surface area contributed by atoms with Crippen LogP contribution < -0.4 is 4.74 Å². The predicted octanol–water partition coefficient (Wildman–Crippen LogP) is 5.10. The van der Waals surface area contributed by atoms with Gasteiger partial charge in [0.05, 0.1) is 18.1 Å². The fourth-order valence-electron chi connectivity index (χ4n) is 3.26. The molecule has 172 valence electrons. The second-order valence-corrected chi connectivity index (χ2v) is 7.65. The number of halogens is 3. The van der Waals surface area contributed by atoms with E-state index < -0.39 is 29.7 Å². The van der Waals surface area contributed by atoms with E-state index >= 15 is 0 Å². The van der Waals surface area contributed by atoms with Gasteiger partial charge in [-0.3, -0.25) is 4.79 Å². The van der Waals surface area contributed by atoms with Gasteiger partial charge in [0.25, 0.3) is 5.89 Å². The standard InChI is InChI=1S/C22H19F3N4O4/c1-11(2)32-21-16(22(23,24)25)9-14(10-26-21)20-28-19(29-33-20)12-3-5-17-13(7-12)8-15(27-17)4-6-18(30)31/h3,5,7-11,27H,4,6H2,1-2H3,(H,30,31). The summed E-state index contributed by atoms with van der Waals surface area (Å²) in [4.78, 5) is 21.9. The topological polar surface area (TPSA) is 114 Å². The van der Waals surface area contributed by atoms with Crippen LogP contribution in [0.4, 0.5) is 13.2 Å². The number of aromatic nitrogens is 4. The number of aryl methyl sites for hydroxylation is 1. The number of alkyl halides is 3. The average molecular weight is 460 g/mol. The van der Waals surface area contributed by atoms with Crippen LogP contribution in [-0.4, -0.2) is 37.3 Å². The van der Waals surface area contributed by atoms with E-state index in [-0.39, 0.29) is 23.7 Å². The molecule has 0 bridgehead atoms. The smallest absolute Gasteiger partial charge is 0.421 e. The van der Waals surface area contributed by atoms with Crippen molar-refractivity contribution in [3.05, 3.63) is 47.8 Å². The van der Waals surface area contributed by atoms with Crippen LogP contribution in [0, 0.1) is 0 Å². The Hall–Kier alpha value is -3.89. The molecule has 4 aromatic rings. The van der Waals surface area contributed by atoms with Crippen molar-refractivity contribution in [2.75, 3.05) is 0 Å². The second kappa shape index (κ2) is 8.57. The van der Waals surface area contributed by atoms with Crippen LogP contribution in [0.1, 0.15) is 31.5 Å². The van der Waals surface area contributed by atoms with Crippen molar-refractivity contribution in [3.63, 3.8) is 0 Å². The number of nitrogens with zero attached hydrogens (tertiary/aromatic N) is 3. The number of aromatic amines is 1. The first-order chi connectivity index (χ1) is 15.6. The van der Waals surface area contributed by atoms with E-state index in [9.17, 15) is 18.0 Å². The highest BCUT2D eigenvalue weighted by Crippen LogP contribution is 2.37. The van der Waals surface area contributed by atoms with Gasteiger partial charge in [-0.2, -0.15) is 18.2 Å². The highest BCUT2D eigenvalue weighted by atomic mass is 19.4. The molecule has 2 N–H and O–H groups in total. The summed E-state index contributed by atoms with van der Waals surface area (Å²) in [5, 5.41) is 13.5. The fraction of sp³-hybridized carbons (Fsp3) is 0.273. The maximum absolute atomic E-state index is 13.5. The molecule has 0 unspecified atom stereocenters. The Balaban J connectivity index is 1.63. The largest absolute Gasteiger partial charge is 0.481 e. The van der Waals surface area contributed by atoms with Gasteiger partial charge in [-0.1, -0.05) is 5.16 Å². The van der Waals surface area contributed by atoms with Gasteiger partial charge < -0.3 is 19.4 Å². The number of hydrogen-bond donors (Lipinski definition) is 2. The van der Waals surface area contributed by atoms with E-state index in [1.807, 2.05) is 6.07 Å². The van der Waals surface area contributed by atoms with Gasteiger partial charge in [-0.05, 0) is 50.6 Å². The lowest BCUT2D eigenvalue weighted by Gasteiger charge is -2.15. The molecule has 0 saturated carbocycles. The molecule has 0 radical (unpaired) electrons. The SMILES string of the molecule is CC(C)Oc1ncc(-c2nc(-c3ccc4[nH]c(CCC(=O)O)cc4c3)no2)cc1C(F)(F)F. The lowest BCUT2D eigenvalue weighted by molar-refractivity contribution is -0.139. The number of rotatable bonds is 7. The molecule has 0 amide bonds. The summed E-state index contributed by atoms with van der Waals surface area (Å²) in [6.45, 7) is 3.22. The summed E-state index contributed by atoms with van der Waals surface area (Å²) in [6.07, 6.45) is -3.60. The molecule has 0 aliphatic heterocycles. The molecule has 0 spiro atoms. The normalized spacial score (nSPS) is 11.9. The van der Waals surface area contributed by atoms with Crippen LogP contribution in [0.15, 0.2) is 41.1 Å². The van der Waals surface area contributed by atoms with Gasteiger partial charge in [-0.25, -0.2) is 4.98 Å². The van der Waals surface area contributed by atoms with Crippen LogP contribution in [0.3, 0.4) is 0 Å². The molecule has 33 heavy (non-hydrogen) atoms. The van der Waals surface area contributed by atoms with Crippen molar-refractivity contribution in [3.8, 4) is 28.7 Å². The zero-order chi connectivity index (χ0) is 23.8. The molecule has 0 aliphatic carbocycles. The van der Waals surface area contributed by atoms with Crippen LogP contribution >= 0.6 is 0 Å². The lowest BCUT2D eigenvalue weighted by atomic mass is 10.1. The van der Waals surface area contributed by atoms with E-state index in [2.05, 4.69) is 20.1 Å². The maximum atomic E-state index is 13.5. The monoisotopic (exact) mass is 460 g/mol. The molecule has 3 heterocycles. The van der Waals surface area contributed by atoms with Crippen molar-refractivity contribution in [2.24, 2.45) is 0 Å². The quantitative estimate of drug-likeness (QED) is 0.394. The minimum atomic E-state index is -4.67. The van der Waals surface area contributed by atoms with Crippen LogP contribution in [0.5, 0.6) is 5.88 Å². The molecule has 0 fully saturated rings. The highest BCUT2D eigenvalue weighted by Gasteiger charge is 2.36. The van der Waals surface area contributed by atoms with Gasteiger partial charge in [0, 0.05) is 28.4 Å². The maximum Gasteiger partial charge on any atom is 0.421 e. The summed E-state index contributed by atoms with van der Waals surface area (Å²) in [5.41, 5.74) is 1.15. The van der Waals surface area contributed by atoms with E-state index in [0.29, 0.717) is 12.0 Å². The third kappa shape index (κ3) is 4.97. The minimum absolute atomic E-state index is 0.00281. The molecule has 0 atom stereocenters. The highest BCUT2D eigenvalue weighted by molar-refractivity contribution is 5.85. The zero-order valence-electron chi connectivity index (χ0n) is 17.6. The summed E-state index contributed by atoms with van der Waals surface area (Å²) >= 11 is 0. The number of H-pyrrole nitrogens is 1.